The molecule has 0 bridgehead atoms. The van der Waals surface area contributed by atoms with E-state index >= 15 is 0 Å². The van der Waals surface area contributed by atoms with Crippen LogP contribution < -0.4 is 0 Å². The zero-order valence-corrected chi connectivity index (χ0v) is 14.6. The van der Waals surface area contributed by atoms with Crippen LogP contribution >= 0.6 is 0 Å². The first-order chi connectivity index (χ1) is 14.3. The van der Waals surface area contributed by atoms with Gasteiger partial charge >= 0.3 is 0 Å². The molecule has 148 valence electrons. The molecule has 3 aromatic rings. The van der Waals surface area contributed by atoms with Crippen LogP contribution in [0, 0.1) is 62.9 Å². The summed E-state index contributed by atoms with van der Waals surface area (Å²) >= 11 is 0. The molecule has 0 amide bonds. The van der Waals surface area contributed by atoms with Crippen molar-refractivity contribution in [3.05, 3.63) is 104 Å². The Morgan fingerprint density at radius 1 is 0.733 bits per heavy atom. The van der Waals surface area contributed by atoms with Crippen molar-refractivity contribution in [1.82, 2.24) is 4.98 Å². The van der Waals surface area contributed by atoms with Gasteiger partial charge in [0, 0.05) is 29.6 Å². The summed E-state index contributed by atoms with van der Waals surface area (Å²) in [5, 5.41) is 11.3. The number of nitrogens with zero attached hydrogens (tertiary/aromatic N) is 2. The molecule has 4 nitrogen and oxygen atoms in total. The van der Waals surface area contributed by atoms with Crippen LogP contribution in [0.3, 0.4) is 0 Å². The summed E-state index contributed by atoms with van der Waals surface area (Å²) in [5.41, 5.74) is -1.36. The second kappa shape index (κ2) is 8.41. The summed E-state index contributed by atoms with van der Waals surface area (Å²) in [7, 11) is 0. The highest BCUT2D eigenvalue weighted by atomic mass is 19.2. The van der Waals surface area contributed by atoms with E-state index in [4.69, 9.17) is 0 Å². The summed E-state index contributed by atoms with van der Waals surface area (Å²) in [6.07, 6.45) is 3.04. The summed E-state index contributed by atoms with van der Waals surface area (Å²) < 4.78 is 67.0. The van der Waals surface area contributed by atoms with E-state index in [-0.39, 0.29) is 11.1 Å². The average Bonchev–Trinajstić information content (AvgIpc) is 2.76. The van der Waals surface area contributed by atoms with Gasteiger partial charge in [-0.1, -0.05) is 23.7 Å². The Labute approximate surface area is 166 Å². The molecule has 2 aromatic carbocycles. The largest absolute Gasteiger partial charge is 0.286 e. The minimum absolute atomic E-state index is 0.250. The predicted molar refractivity (Wildman–Crippen MR) is 95.5 cm³/mol. The van der Waals surface area contributed by atoms with E-state index in [9.17, 15) is 32.1 Å². The third-order valence-electron chi connectivity index (χ3n) is 3.76. The minimum atomic E-state index is -2.32. The van der Waals surface area contributed by atoms with Crippen LogP contribution in [0.15, 0.2) is 42.7 Å². The van der Waals surface area contributed by atoms with Gasteiger partial charge in [-0.2, -0.15) is 0 Å². The second-order valence-corrected chi connectivity index (χ2v) is 5.67. The van der Waals surface area contributed by atoms with Gasteiger partial charge in [0.25, 0.3) is 5.69 Å². The molecule has 0 aliphatic heterocycles. The molecule has 0 radical (unpaired) electrons. The number of pyridine rings is 1. The van der Waals surface area contributed by atoms with Gasteiger partial charge in [-0.3, -0.25) is 15.1 Å². The molecule has 0 saturated heterocycles. The molecule has 0 N–H and O–H groups in total. The Bertz CT molecular complexity index is 1260. The van der Waals surface area contributed by atoms with Crippen molar-refractivity contribution in [3.63, 3.8) is 0 Å². The van der Waals surface area contributed by atoms with Gasteiger partial charge in [-0.15, -0.1) is 0 Å². The van der Waals surface area contributed by atoms with E-state index < -0.39 is 45.3 Å². The van der Waals surface area contributed by atoms with E-state index in [1.807, 2.05) is 0 Å². The molecule has 0 spiro atoms. The van der Waals surface area contributed by atoms with E-state index in [0.717, 1.165) is 12.1 Å². The molecule has 0 fully saturated rings. The number of benzene rings is 2. The predicted octanol–water partition coefficient (Wildman–Crippen LogP) is 4.48. The van der Waals surface area contributed by atoms with Gasteiger partial charge < -0.3 is 0 Å². The zero-order chi connectivity index (χ0) is 21.8. The maximum Gasteiger partial charge on any atom is 0.286 e. The first-order valence-corrected chi connectivity index (χ1v) is 8.03. The smallest absolute Gasteiger partial charge is 0.265 e. The Morgan fingerprint density at radius 3 is 1.90 bits per heavy atom. The van der Waals surface area contributed by atoms with Crippen LogP contribution in [0.1, 0.15) is 22.3 Å². The fraction of sp³-hybridized carbons (Fsp3) is 0. The number of rotatable bonds is 1. The first kappa shape index (κ1) is 20.5. The number of hydrogen-bond acceptors (Lipinski definition) is 3. The van der Waals surface area contributed by atoms with Crippen molar-refractivity contribution in [1.29, 1.82) is 0 Å². The number of nitro groups is 1. The fourth-order valence-electron chi connectivity index (χ4n) is 2.29. The van der Waals surface area contributed by atoms with E-state index in [2.05, 4.69) is 22.7 Å². The van der Waals surface area contributed by atoms with Gasteiger partial charge in [0.1, 0.15) is 11.1 Å². The van der Waals surface area contributed by atoms with Gasteiger partial charge in [0.05, 0.1) is 4.92 Å². The molecular weight excluding hydrogens is 407 g/mol. The lowest BCUT2D eigenvalue weighted by atomic mass is 10.1. The third-order valence-corrected chi connectivity index (χ3v) is 3.76. The van der Waals surface area contributed by atoms with Crippen LogP contribution in [0.4, 0.5) is 27.6 Å². The fourth-order valence-corrected chi connectivity index (χ4v) is 2.29. The number of nitro benzene ring substituents is 1. The molecular formula is C21H7F5N2O2. The molecule has 0 unspecified atom stereocenters. The third kappa shape index (κ3) is 4.10. The van der Waals surface area contributed by atoms with Gasteiger partial charge in [0.15, 0.2) is 23.3 Å². The Morgan fingerprint density at radius 2 is 1.30 bits per heavy atom. The lowest BCUT2D eigenvalue weighted by Gasteiger charge is -2.02. The molecule has 0 atom stereocenters. The summed E-state index contributed by atoms with van der Waals surface area (Å²) in [6.45, 7) is 0. The first-order valence-electron chi connectivity index (χ1n) is 8.03. The van der Waals surface area contributed by atoms with Crippen LogP contribution in [-0.2, 0) is 0 Å². The number of hydrogen-bond donors (Lipinski definition) is 0. The maximum atomic E-state index is 13.7. The van der Waals surface area contributed by atoms with E-state index in [1.54, 1.807) is 18.1 Å². The van der Waals surface area contributed by atoms with Gasteiger partial charge in [-0.25, -0.2) is 22.0 Å². The number of halogens is 5. The summed E-state index contributed by atoms with van der Waals surface area (Å²) in [6, 6.07) is 6.87. The summed E-state index contributed by atoms with van der Waals surface area (Å²) in [5.74, 6) is -1.54. The highest BCUT2D eigenvalue weighted by Crippen LogP contribution is 2.23. The second-order valence-electron chi connectivity index (χ2n) is 5.67. The molecule has 9 heteroatoms. The van der Waals surface area contributed by atoms with Crippen molar-refractivity contribution in [2.75, 3.05) is 0 Å². The molecule has 30 heavy (non-hydrogen) atoms. The zero-order valence-electron chi connectivity index (χ0n) is 14.6. The van der Waals surface area contributed by atoms with Crippen molar-refractivity contribution in [3.8, 4) is 23.7 Å². The lowest BCUT2D eigenvalue weighted by molar-refractivity contribution is -0.385. The summed E-state index contributed by atoms with van der Waals surface area (Å²) in [4.78, 5) is 14.3. The number of aromatic nitrogens is 1. The molecule has 0 aliphatic carbocycles. The van der Waals surface area contributed by atoms with Gasteiger partial charge in [0.2, 0.25) is 5.82 Å². The topological polar surface area (TPSA) is 56.0 Å². The van der Waals surface area contributed by atoms with Crippen molar-refractivity contribution in [2.24, 2.45) is 0 Å². The highest BCUT2D eigenvalue weighted by Gasteiger charge is 2.24. The molecule has 1 aromatic heterocycles. The van der Waals surface area contributed by atoms with Crippen LogP contribution in [0.2, 0.25) is 0 Å². The van der Waals surface area contributed by atoms with Crippen LogP contribution in [-0.4, -0.2) is 9.91 Å². The molecule has 3 rings (SSSR count). The monoisotopic (exact) mass is 414 g/mol. The highest BCUT2D eigenvalue weighted by molar-refractivity contribution is 5.58. The Kier molecular flexibility index (Phi) is 5.75. The molecule has 0 saturated carbocycles. The maximum absolute atomic E-state index is 13.7. The SMILES string of the molecule is O=[N+]([O-])c1cc(C#Cc2ccncc2)ccc1C#Cc1c(F)c(F)c(F)c(F)c1F. The van der Waals surface area contributed by atoms with Gasteiger partial charge in [-0.05, 0) is 24.3 Å². The van der Waals surface area contributed by atoms with E-state index in [1.165, 1.54) is 18.5 Å². The Balaban J connectivity index is 2.04. The molecule has 1 heterocycles. The van der Waals surface area contributed by atoms with Crippen molar-refractivity contribution in [2.45, 2.75) is 0 Å². The molecule has 0 aliphatic rings. The standard InChI is InChI=1S/C21H7F5N2O2/c22-17-15(18(23)20(25)21(26)19(17)24)6-5-14-4-3-13(11-16(14)28(29)30)2-1-12-7-9-27-10-8-12/h3-4,7-11H. The average molecular weight is 414 g/mol. The normalized spacial score (nSPS) is 9.90. The minimum Gasteiger partial charge on any atom is -0.265 e. The van der Waals surface area contributed by atoms with Crippen molar-refractivity contribution < 1.29 is 26.9 Å². The van der Waals surface area contributed by atoms with E-state index in [0.29, 0.717) is 5.56 Å². The quantitative estimate of drug-likeness (QED) is 0.147. The van der Waals surface area contributed by atoms with Crippen LogP contribution in [0.5, 0.6) is 0 Å². The Hall–Kier alpha value is -4.24. The van der Waals surface area contributed by atoms with Crippen molar-refractivity contribution >= 4 is 5.69 Å². The van der Waals surface area contributed by atoms with Crippen LogP contribution in [0.25, 0.3) is 0 Å². The lowest BCUT2D eigenvalue weighted by Crippen LogP contribution is -2.04.